The molecule has 24 heavy (non-hydrogen) atoms. The van der Waals surface area contributed by atoms with Gasteiger partial charge in [-0.2, -0.15) is 0 Å². The molecule has 2 fully saturated rings. The third-order valence-electron chi connectivity index (χ3n) is 5.15. The van der Waals surface area contributed by atoms with Gasteiger partial charge in [0.1, 0.15) is 11.3 Å². The van der Waals surface area contributed by atoms with Gasteiger partial charge in [0.15, 0.2) is 0 Å². The molecule has 0 spiro atoms. The van der Waals surface area contributed by atoms with Crippen molar-refractivity contribution in [1.82, 2.24) is 9.55 Å². The van der Waals surface area contributed by atoms with E-state index < -0.39 is 0 Å². The molecule has 5 heteroatoms. The summed E-state index contributed by atoms with van der Waals surface area (Å²) in [4.78, 5) is 16.9. The Morgan fingerprint density at radius 1 is 1.42 bits per heavy atom. The molecule has 0 bridgehead atoms. The Bertz CT molecular complexity index is 717. The first-order valence-corrected chi connectivity index (χ1v) is 8.59. The molecule has 2 aromatic rings. The SMILES string of the molecule is C[C@H](c1ccccc1)n1cncc1C(=O)OC1(CC2CO2)CCC1. The zero-order valence-electron chi connectivity index (χ0n) is 13.9. The Labute approximate surface area is 141 Å². The molecule has 0 amide bonds. The highest BCUT2D eigenvalue weighted by molar-refractivity contribution is 5.87. The van der Waals surface area contributed by atoms with Gasteiger partial charge in [-0.1, -0.05) is 30.3 Å². The molecule has 5 nitrogen and oxygen atoms in total. The van der Waals surface area contributed by atoms with Crippen molar-refractivity contribution in [2.45, 2.75) is 50.4 Å². The minimum Gasteiger partial charge on any atom is -0.454 e. The van der Waals surface area contributed by atoms with E-state index in [0.29, 0.717) is 5.69 Å². The molecule has 1 aliphatic carbocycles. The average molecular weight is 326 g/mol. The third-order valence-corrected chi connectivity index (χ3v) is 5.15. The lowest BCUT2D eigenvalue weighted by atomic mass is 9.76. The molecule has 1 saturated heterocycles. The summed E-state index contributed by atoms with van der Waals surface area (Å²) >= 11 is 0. The lowest BCUT2D eigenvalue weighted by molar-refractivity contribution is -0.0711. The average Bonchev–Trinajstić information content (AvgIpc) is 3.24. The normalized spacial score (nSPS) is 22.5. The monoisotopic (exact) mass is 326 g/mol. The summed E-state index contributed by atoms with van der Waals surface area (Å²) in [6.45, 7) is 2.85. The Hall–Kier alpha value is -2.14. The maximum Gasteiger partial charge on any atom is 0.357 e. The number of esters is 1. The van der Waals surface area contributed by atoms with E-state index in [4.69, 9.17) is 9.47 Å². The fourth-order valence-electron chi connectivity index (χ4n) is 3.43. The lowest BCUT2D eigenvalue weighted by Crippen LogP contribution is -2.43. The van der Waals surface area contributed by atoms with Crippen molar-refractivity contribution in [3.05, 3.63) is 54.1 Å². The second-order valence-corrected chi connectivity index (χ2v) is 6.86. The van der Waals surface area contributed by atoms with Crippen molar-refractivity contribution in [1.29, 1.82) is 0 Å². The van der Waals surface area contributed by atoms with Crippen LogP contribution >= 0.6 is 0 Å². The minimum atomic E-state index is -0.330. The number of ether oxygens (including phenoxy) is 2. The number of benzene rings is 1. The quantitative estimate of drug-likeness (QED) is 0.603. The molecular weight excluding hydrogens is 304 g/mol. The van der Waals surface area contributed by atoms with Gasteiger partial charge in [0.2, 0.25) is 0 Å². The van der Waals surface area contributed by atoms with Crippen LogP contribution in [0.5, 0.6) is 0 Å². The van der Waals surface area contributed by atoms with E-state index in [2.05, 4.69) is 24.0 Å². The maximum absolute atomic E-state index is 12.7. The van der Waals surface area contributed by atoms with Gasteiger partial charge in [-0.15, -0.1) is 0 Å². The molecule has 0 radical (unpaired) electrons. The molecule has 2 atom stereocenters. The summed E-state index contributed by atoms with van der Waals surface area (Å²) < 4.78 is 13.1. The molecule has 1 aromatic carbocycles. The number of epoxide rings is 1. The van der Waals surface area contributed by atoms with Crippen LogP contribution in [0, 0.1) is 0 Å². The van der Waals surface area contributed by atoms with Crippen LogP contribution in [-0.4, -0.2) is 33.8 Å². The topological polar surface area (TPSA) is 56.7 Å². The van der Waals surface area contributed by atoms with Crippen molar-refractivity contribution in [2.24, 2.45) is 0 Å². The van der Waals surface area contributed by atoms with Crippen LogP contribution in [0.4, 0.5) is 0 Å². The molecular formula is C19H22N2O3. The fourth-order valence-corrected chi connectivity index (χ4v) is 3.43. The van der Waals surface area contributed by atoms with Crippen LogP contribution in [0.2, 0.25) is 0 Å². The van der Waals surface area contributed by atoms with E-state index in [1.807, 2.05) is 22.8 Å². The number of rotatable bonds is 6. The van der Waals surface area contributed by atoms with E-state index in [1.54, 1.807) is 12.5 Å². The van der Waals surface area contributed by atoms with Crippen molar-refractivity contribution >= 4 is 5.97 Å². The van der Waals surface area contributed by atoms with E-state index in [9.17, 15) is 4.79 Å². The summed E-state index contributed by atoms with van der Waals surface area (Å²) in [5, 5.41) is 0. The molecule has 0 N–H and O–H groups in total. The summed E-state index contributed by atoms with van der Waals surface area (Å²) in [6, 6.07) is 10.1. The van der Waals surface area contributed by atoms with Gasteiger partial charge in [-0.05, 0) is 31.7 Å². The molecule has 1 saturated carbocycles. The van der Waals surface area contributed by atoms with E-state index in [-0.39, 0.29) is 23.7 Å². The second kappa shape index (κ2) is 6.06. The number of hydrogen-bond acceptors (Lipinski definition) is 4. The lowest BCUT2D eigenvalue weighted by Gasteiger charge is -2.40. The van der Waals surface area contributed by atoms with Gasteiger partial charge < -0.3 is 14.0 Å². The number of carbonyl (C=O) groups excluding carboxylic acids is 1. The van der Waals surface area contributed by atoms with Gasteiger partial charge in [-0.25, -0.2) is 9.78 Å². The van der Waals surface area contributed by atoms with Crippen molar-refractivity contribution in [2.75, 3.05) is 6.61 Å². The number of hydrogen-bond donors (Lipinski definition) is 0. The molecule has 2 aliphatic rings. The molecule has 2 heterocycles. The first kappa shape index (κ1) is 15.4. The summed E-state index contributed by atoms with van der Waals surface area (Å²) in [7, 11) is 0. The van der Waals surface area contributed by atoms with Crippen LogP contribution in [0.25, 0.3) is 0 Å². The molecule has 1 aromatic heterocycles. The molecule has 126 valence electrons. The van der Waals surface area contributed by atoms with Crippen molar-refractivity contribution in [3.8, 4) is 0 Å². The van der Waals surface area contributed by atoms with Gasteiger partial charge in [-0.3, -0.25) is 0 Å². The van der Waals surface area contributed by atoms with E-state index in [0.717, 1.165) is 37.9 Å². The Balaban J connectivity index is 1.52. The molecule has 1 aliphatic heterocycles. The number of nitrogens with zero attached hydrogens (tertiary/aromatic N) is 2. The van der Waals surface area contributed by atoms with Gasteiger partial charge in [0.25, 0.3) is 0 Å². The standard InChI is InChI=1S/C19H22N2O3/c1-14(15-6-3-2-4-7-15)21-13-20-11-17(21)18(22)24-19(8-5-9-19)10-16-12-23-16/h2-4,6-7,11,13-14,16H,5,8-10,12H2,1H3/t14-,16?/m1/s1. The minimum absolute atomic E-state index is 0.0281. The number of aromatic nitrogens is 2. The highest BCUT2D eigenvalue weighted by atomic mass is 16.6. The Morgan fingerprint density at radius 2 is 2.17 bits per heavy atom. The molecule has 1 unspecified atom stereocenters. The zero-order valence-corrected chi connectivity index (χ0v) is 13.9. The van der Waals surface area contributed by atoms with E-state index in [1.165, 1.54) is 0 Å². The fraction of sp³-hybridized carbons (Fsp3) is 0.474. The van der Waals surface area contributed by atoms with Gasteiger partial charge in [0.05, 0.1) is 31.3 Å². The first-order chi connectivity index (χ1) is 11.7. The second-order valence-electron chi connectivity index (χ2n) is 6.86. The van der Waals surface area contributed by atoms with Crippen molar-refractivity contribution < 1.29 is 14.3 Å². The van der Waals surface area contributed by atoms with Gasteiger partial charge in [0, 0.05) is 6.42 Å². The summed E-state index contributed by atoms with van der Waals surface area (Å²) in [5.74, 6) is -0.282. The largest absolute Gasteiger partial charge is 0.454 e. The van der Waals surface area contributed by atoms with Crippen LogP contribution in [-0.2, 0) is 9.47 Å². The van der Waals surface area contributed by atoms with Crippen LogP contribution in [0.15, 0.2) is 42.9 Å². The van der Waals surface area contributed by atoms with Crippen molar-refractivity contribution in [3.63, 3.8) is 0 Å². The van der Waals surface area contributed by atoms with Crippen LogP contribution in [0.3, 0.4) is 0 Å². The highest BCUT2D eigenvalue weighted by Crippen LogP contribution is 2.42. The smallest absolute Gasteiger partial charge is 0.357 e. The Morgan fingerprint density at radius 3 is 2.79 bits per heavy atom. The molecule has 4 rings (SSSR count). The zero-order chi connectivity index (χ0) is 16.6. The number of imidazole rings is 1. The highest BCUT2D eigenvalue weighted by Gasteiger charge is 2.46. The summed E-state index contributed by atoms with van der Waals surface area (Å²) in [6.07, 6.45) is 7.36. The third kappa shape index (κ3) is 2.96. The maximum atomic E-state index is 12.7. The summed E-state index contributed by atoms with van der Waals surface area (Å²) in [5.41, 5.74) is 1.31. The van der Waals surface area contributed by atoms with E-state index >= 15 is 0 Å². The predicted octanol–water partition coefficient (Wildman–Crippen LogP) is 3.36. The first-order valence-electron chi connectivity index (χ1n) is 8.59. The number of carbonyl (C=O) groups is 1. The predicted molar refractivity (Wildman–Crippen MR) is 88.8 cm³/mol. The van der Waals surface area contributed by atoms with Gasteiger partial charge >= 0.3 is 5.97 Å². The Kier molecular flexibility index (Phi) is 3.88. The van der Waals surface area contributed by atoms with Crippen LogP contribution < -0.4 is 0 Å². The van der Waals surface area contributed by atoms with Crippen LogP contribution in [0.1, 0.15) is 54.7 Å².